The van der Waals surface area contributed by atoms with Gasteiger partial charge in [0.25, 0.3) is 11.8 Å². The lowest BCUT2D eigenvalue weighted by molar-refractivity contribution is 0.0778. The summed E-state index contributed by atoms with van der Waals surface area (Å²) in [5, 5.41) is 6.59. The highest BCUT2D eigenvalue weighted by atomic mass is 19.1. The van der Waals surface area contributed by atoms with Gasteiger partial charge in [0.2, 0.25) is 5.88 Å². The second-order valence-electron chi connectivity index (χ2n) is 8.38. The van der Waals surface area contributed by atoms with Crippen molar-refractivity contribution >= 4 is 23.1 Å². The molecule has 0 unspecified atom stereocenters. The number of nitrogen functional groups attached to an aromatic ring is 1. The molecule has 37 heavy (non-hydrogen) atoms. The number of amides is 2. The molecular weight excluding hydrogens is 491 g/mol. The van der Waals surface area contributed by atoms with Crippen LogP contribution in [0, 0.1) is 11.6 Å². The van der Waals surface area contributed by atoms with Crippen LogP contribution in [0.25, 0.3) is 16.8 Å². The van der Waals surface area contributed by atoms with Gasteiger partial charge in [-0.3, -0.25) is 9.59 Å². The third-order valence-corrected chi connectivity index (χ3v) is 6.06. The van der Waals surface area contributed by atoms with E-state index in [0.717, 1.165) is 24.5 Å². The zero-order chi connectivity index (χ0) is 26.3. The van der Waals surface area contributed by atoms with Crippen molar-refractivity contribution in [3.63, 3.8) is 0 Å². The molecule has 10 nitrogen and oxygen atoms in total. The van der Waals surface area contributed by atoms with Crippen molar-refractivity contribution in [2.75, 3.05) is 25.9 Å². The van der Waals surface area contributed by atoms with Crippen LogP contribution >= 0.6 is 0 Å². The highest BCUT2D eigenvalue weighted by molar-refractivity contribution is 5.98. The van der Waals surface area contributed by atoms with E-state index in [4.69, 9.17) is 10.5 Å². The number of anilines is 1. The molecule has 1 aliphatic rings. The number of carbonyl (C=O) groups excluding carboxylic acids is 2. The minimum absolute atomic E-state index is 0.00592. The number of hydrogen-bond donors (Lipinski definition) is 2. The van der Waals surface area contributed by atoms with Gasteiger partial charge in [0.05, 0.1) is 19.7 Å². The number of benzene rings is 1. The lowest BCUT2D eigenvalue weighted by Crippen LogP contribution is -2.42. The number of hydrogen-bond acceptors (Lipinski definition) is 7. The lowest BCUT2D eigenvalue weighted by atomic mass is 10.1. The number of ether oxygens (including phenoxy) is 1. The highest BCUT2D eigenvalue weighted by Crippen LogP contribution is 2.30. The van der Waals surface area contributed by atoms with Crippen molar-refractivity contribution < 1.29 is 27.5 Å². The fourth-order valence-electron chi connectivity index (χ4n) is 4.23. The molecular formula is C24H20F3N7O3. The maximum absolute atomic E-state index is 14.8. The molecule has 3 N–H and O–H groups in total. The first-order valence-corrected chi connectivity index (χ1v) is 11.1. The standard InChI is InChI=1S/C24H20F3N7O3/c1-37-23-15(6-13(8-29-23)20-16(26)7-19-21(28)30-11-31-34(19)20)22(35)32-18-10-33(9-17(18)27)24(36)12-2-4-14(25)5-3-12/h2-8,11,17-18H,9-10H2,1H3,(H,32,35)(H2,28,30,31)/t17-,18+/m0/s1. The van der Waals surface area contributed by atoms with Gasteiger partial charge in [0.1, 0.15) is 35.1 Å². The van der Waals surface area contributed by atoms with Crippen LogP contribution in [0.4, 0.5) is 19.0 Å². The summed E-state index contributed by atoms with van der Waals surface area (Å²) in [6.45, 7) is -0.355. The number of nitrogens with two attached hydrogens (primary N) is 1. The van der Waals surface area contributed by atoms with E-state index in [0.29, 0.717) is 0 Å². The first-order valence-electron chi connectivity index (χ1n) is 11.1. The maximum Gasteiger partial charge on any atom is 0.257 e. The van der Waals surface area contributed by atoms with Gasteiger partial charge in [-0.25, -0.2) is 27.7 Å². The molecule has 2 atom stereocenters. The van der Waals surface area contributed by atoms with E-state index in [9.17, 15) is 22.8 Å². The minimum atomic E-state index is -1.55. The zero-order valence-corrected chi connectivity index (χ0v) is 19.4. The number of nitrogens with one attached hydrogen (secondary N) is 1. The third-order valence-electron chi connectivity index (χ3n) is 6.06. The van der Waals surface area contributed by atoms with Gasteiger partial charge in [-0.05, 0) is 30.3 Å². The van der Waals surface area contributed by atoms with Crippen LogP contribution in [-0.4, -0.2) is 68.7 Å². The average molecular weight is 511 g/mol. The number of aromatic nitrogens is 4. The first kappa shape index (κ1) is 24.0. The number of methoxy groups -OCH3 is 1. The minimum Gasteiger partial charge on any atom is -0.480 e. The number of halogens is 3. The number of likely N-dealkylation sites (tertiary alicyclic amines) is 1. The van der Waals surface area contributed by atoms with Crippen molar-refractivity contribution in [1.29, 1.82) is 0 Å². The summed E-state index contributed by atoms with van der Waals surface area (Å²) in [6, 6.07) is 6.37. The number of fused-ring (bicyclic) bond motifs is 1. The van der Waals surface area contributed by atoms with E-state index in [1.807, 2.05) is 0 Å². The van der Waals surface area contributed by atoms with E-state index in [2.05, 4.69) is 20.4 Å². The van der Waals surface area contributed by atoms with Gasteiger partial charge in [-0.15, -0.1) is 0 Å². The molecule has 4 heterocycles. The zero-order valence-electron chi connectivity index (χ0n) is 19.4. The molecule has 4 aromatic rings. The predicted molar refractivity (Wildman–Crippen MR) is 126 cm³/mol. The number of rotatable bonds is 5. The Morgan fingerprint density at radius 1 is 1.14 bits per heavy atom. The van der Waals surface area contributed by atoms with Crippen LogP contribution < -0.4 is 15.8 Å². The molecule has 190 valence electrons. The molecule has 1 fully saturated rings. The van der Waals surface area contributed by atoms with Gasteiger partial charge >= 0.3 is 0 Å². The van der Waals surface area contributed by atoms with Crippen molar-refractivity contribution in [2.45, 2.75) is 12.2 Å². The Kier molecular flexibility index (Phi) is 6.11. The van der Waals surface area contributed by atoms with Gasteiger partial charge in [0.15, 0.2) is 11.6 Å². The molecule has 3 aromatic heterocycles. The summed E-state index contributed by atoms with van der Waals surface area (Å²) >= 11 is 0. The Morgan fingerprint density at radius 3 is 2.62 bits per heavy atom. The monoisotopic (exact) mass is 511 g/mol. The summed E-state index contributed by atoms with van der Waals surface area (Å²) < 4.78 is 49.2. The van der Waals surface area contributed by atoms with E-state index in [1.54, 1.807) is 0 Å². The number of nitrogens with zero attached hydrogens (tertiary/aromatic N) is 5. The van der Waals surface area contributed by atoms with Crippen LogP contribution in [-0.2, 0) is 0 Å². The van der Waals surface area contributed by atoms with Crippen LogP contribution in [0.2, 0.25) is 0 Å². The van der Waals surface area contributed by atoms with Gasteiger partial charge < -0.3 is 20.7 Å². The van der Waals surface area contributed by atoms with E-state index in [-0.39, 0.29) is 52.7 Å². The van der Waals surface area contributed by atoms with E-state index < -0.39 is 35.7 Å². The average Bonchev–Trinajstić information content (AvgIpc) is 3.43. The summed E-state index contributed by atoms with van der Waals surface area (Å²) in [5.41, 5.74) is 6.34. The summed E-state index contributed by atoms with van der Waals surface area (Å²) in [4.78, 5) is 35.0. The summed E-state index contributed by atoms with van der Waals surface area (Å²) in [7, 11) is 1.30. The summed E-state index contributed by atoms with van der Waals surface area (Å²) in [5.74, 6) is -2.39. The topological polar surface area (TPSA) is 128 Å². The molecule has 5 rings (SSSR count). The molecule has 0 spiro atoms. The molecule has 0 aliphatic carbocycles. The second kappa shape index (κ2) is 9.41. The van der Waals surface area contributed by atoms with Crippen LogP contribution in [0.5, 0.6) is 5.88 Å². The van der Waals surface area contributed by atoms with Crippen molar-refractivity contribution in [1.82, 2.24) is 29.8 Å². The molecule has 0 radical (unpaired) electrons. The maximum atomic E-state index is 14.8. The molecule has 1 aromatic carbocycles. The first-order chi connectivity index (χ1) is 17.8. The lowest BCUT2D eigenvalue weighted by Gasteiger charge is -2.17. The Balaban J connectivity index is 1.39. The number of alkyl halides is 1. The molecule has 2 amide bonds. The van der Waals surface area contributed by atoms with Crippen molar-refractivity contribution in [3.05, 3.63) is 71.7 Å². The Morgan fingerprint density at radius 2 is 1.89 bits per heavy atom. The largest absolute Gasteiger partial charge is 0.480 e. The highest BCUT2D eigenvalue weighted by Gasteiger charge is 2.37. The molecule has 1 aliphatic heterocycles. The van der Waals surface area contributed by atoms with Crippen LogP contribution in [0.15, 0.2) is 48.9 Å². The number of carbonyl (C=O) groups is 2. The molecule has 0 bridgehead atoms. The van der Waals surface area contributed by atoms with Gasteiger partial charge in [-0.2, -0.15) is 5.10 Å². The molecule has 0 saturated carbocycles. The van der Waals surface area contributed by atoms with Crippen LogP contribution in [0.3, 0.4) is 0 Å². The van der Waals surface area contributed by atoms with Gasteiger partial charge in [0, 0.05) is 29.9 Å². The fourth-order valence-corrected chi connectivity index (χ4v) is 4.23. The molecule has 1 saturated heterocycles. The predicted octanol–water partition coefficient (Wildman–Crippen LogP) is 2.25. The fraction of sp³-hybridized carbons (Fsp3) is 0.208. The Hall–Kier alpha value is -4.68. The van der Waals surface area contributed by atoms with E-state index in [1.165, 1.54) is 40.9 Å². The quantitative estimate of drug-likeness (QED) is 0.421. The van der Waals surface area contributed by atoms with Crippen molar-refractivity contribution in [2.24, 2.45) is 0 Å². The smallest absolute Gasteiger partial charge is 0.257 e. The van der Waals surface area contributed by atoms with E-state index >= 15 is 0 Å². The SMILES string of the molecule is COc1ncc(-c2c(F)cc3c(N)ncnn23)cc1C(=O)N[C@@H]1CN(C(=O)c2ccc(F)cc2)C[C@@H]1F. The van der Waals surface area contributed by atoms with Crippen LogP contribution in [0.1, 0.15) is 20.7 Å². The number of pyridine rings is 1. The van der Waals surface area contributed by atoms with Gasteiger partial charge in [-0.1, -0.05) is 0 Å². The second-order valence-corrected chi connectivity index (χ2v) is 8.38. The van der Waals surface area contributed by atoms with Crippen molar-refractivity contribution in [3.8, 4) is 17.1 Å². The summed E-state index contributed by atoms with van der Waals surface area (Å²) in [6.07, 6.45) is 0.910. The third kappa shape index (κ3) is 4.39. The normalized spacial score (nSPS) is 17.2. The Bertz CT molecular complexity index is 1510. The Labute approximate surface area is 207 Å². The molecule has 13 heteroatoms.